The van der Waals surface area contributed by atoms with Crippen molar-refractivity contribution in [3.63, 3.8) is 0 Å². The summed E-state index contributed by atoms with van der Waals surface area (Å²) in [6.07, 6.45) is 4.86. The lowest BCUT2D eigenvalue weighted by atomic mass is 9.71. The highest BCUT2D eigenvalue weighted by Gasteiger charge is 2.29. The minimum absolute atomic E-state index is 0.407. The normalized spacial score (nSPS) is 22.2. The Balaban J connectivity index is 1.82. The minimum Gasteiger partial charge on any atom is -0.360 e. The Kier molecular flexibility index (Phi) is 5.98. The second-order valence-electron chi connectivity index (χ2n) is 7.14. The largest absolute Gasteiger partial charge is 0.360 e. The van der Waals surface area contributed by atoms with Crippen molar-refractivity contribution in [3.8, 4) is 0 Å². The Morgan fingerprint density at radius 1 is 1.09 bits per heavy atom. The van der Waals surface area contributed by atoms with Gasteiger partial charge in [-0.3, -0.25) is 0 Å². The van der Waals surface area contributed by atoms with Gasteiger partial charge >= 0.3 is 0 Å². The summed E-state index contributed by atoms with van der Waals surface area (Å²) in [5.74, 6) is 0.808. The highest BCUT2D eigenvalue weighted by molar-refractivity contribution is 7.80. The van der Waals surface area contributed by atoms with Crippen LogP contribution in [0.25, 0.3) is 0 Å². The van der Waals surface area contributed by atoms with Gasteiger partial charge in [0.2, 0.25) is 0 Å². The minimum atomic E-state index is 0.407. The summed E-state index contributed by atoms with van der Waals surface area (Å²) in [4.78, 5) is 0. The molecule has 0 aromatic heterocycles. The van der Waals surface area contributed by atoms with Crippen LogP contribution in [0.1, 0.15) is 46.5 Å². The Labute approximate surface area is 149 Å². The average Bonchev–Trinajstić information content (AvgIpc) is 2.42. The zero-order valence-electron chi connectivity index (χ0n) is 13.4. The molecule has 2 rings (SSSR count). The zero-order chi connectivity index (χ0) is 16.3. The van der Waals surface area contributed by atoms with Gasteiger partial charge in [0.1, 0.15) is 0 Å². The molecular weight excluding hydrogens is 335 g/mol. The first-order valence-corrected chi connectivity index (χ1v) is 8.94. The monoisotopic (exact) mass is 358 g/mol. The van der Waals surface area contributed by atoms with E-state index in [1.54, 1.807) is 12.1 Å². The molecule has 0 atom stereocenters. The van der Waals surface area contributed by atoms with E-state index in [9.17, 15) is 0 Å². The lowest BCUT2D eigenvalue weighted by Crippen LogP contribution is -2.41. The molecule has 5 heteroatoms. The van der Waals surface area contributed by atoms with E-state index in [2.05, 4.69) is 31.4 Å². The van der Waals surface area contributed by atoms with E-state index in [4.69, 9.17) is 35.4 Å². The lowest BCUT2D eigenvalue weighted by molar-refractivity contribution is 0.166. The van der Waals surface area contributed by atoms with Crippen LogP contribution in [0.15, 0.2) is 18.2 Å². The van der Waals surface area contributed by atoms with Crippen molar-refractivity contribution in [1.29, 1.82) is 0 Å². The van der Waals surface area contributed by atoms with Crippen molar-refractivity contribution < 1.29 is 0 Å². The van der Waals surface area contributed by atoms with Crippen LogP contribution < -0.4 is 10.6 Å². The van der Waals surface area contributed by atoms with Crippen molar-refractivity contribution in [2.24, 2.45) is 11.3 Å². The van der Waals surface area contributed by atoms with Gasteiger partial charge in [-0.15, -0.1) is 0 Å². The number of thiocarbonyl (C=S) groups is 1. The van der Waals surface area contributed by atoms with Gasteiger partial charge in [-0.25, -0.2) is 0 Å². The number of halogens is 2. The third-order valence-electron chi connectivity index (χ3n) is 4.46. The summed E-state index contributed by atoms with van der Waals surface area (Å²) in [5, 5.41) is 8.32. The Morgan fingerprint density at radius 2 is 1.73 bits per heavy atom. The molecular formula is C17H24Cl2N2S. The smallest absolute Gasteiger partial charge is 0.170 e. The van der Waals surface area contributed by atoms with Gasteiger partial charge in [0.05, 0.1) is 10.0 Å². The van der Waals surface area contributed by atoms with Gasteiger partial charge in [-0.2, -0.15) is 0 Å². The molecule has 0 aliphatic heterocycles. The van der Waals surface area contributed by atoms with Crippen molar-refractivity contribution in [2.75, 3.05) is 5.32 Å². The van der Waals surface area contributed by atoms with Crippen LogP contribution in [0.4, 0.5) is 5.69 Å². The van der Waals surface area contributed by atoms with E-state index in [0.717, 1.165) is 11.6 Å². The standard InChI is InChI=1S/C17H24Cl2N2S/c1-17(2,3)11-4-6-12(7-5-11)20-16(22)21-13-8-9-14(18)15(19)10-13/h8-12H,4-7H2,1-3H3,(H2,20,21,22). The number of anilines is 1. The molecule has 2 N–H and O–H groups in total. The molecule has 1 fully saturated rings. The number of hydrogen-bond donors (Lipinski definition) is 2. The SMILES string of the molecule is CC(C)(C)C1CCC(NC(=S)Nc2ccc(Cl)c(Cl)c2)CC1. The van der Waals surface area contributed by atoms with Gasteiger partial charge < -0.3 is 10.6 Å². The van der Waals surface area contributed by atoms with Crippen LogP contribution >= 0.6 is 35.4 Å². The Morgan fingerprint density at radius 3 is 2.27 bits per heavy atom. The van der Waals surface area contributed by atoms with E-state index in [1.165, 1.54) is 25.7 Å². The second-order valence-corrected chi connectivity index (χ2v) is 8.36. The summed E-state index contributed by atoms with van der Waals surface area (Å²) in [5.41, 5.74) is 1.26. The van der Waals surface area contributed by atoms with Crippen LogP contribution in [-0.4, -0.2) is 11.2 Å². The first-order chi connectivity index (χ1) is 10.3. The summed E-state index contributed by atoms with van der Waals surface area (Å²) in [7, 11) is 0. The molecule has 2 nitrogen and oxygen atoms in total. The summed E-state index contributed by atoms with van der Waals surface area (Å²) < 4.78 is 0. The van der Waals surface area contributed by atoms with Crippen LogP contribution in [0.2, 0.25) is 10.0 Å². The number of hydrogen-bond acceptors (Lipinski definition) is 1. The van der Waals surface area contributed by atoms with Gasteiger partial charge in [-0.05, 0) is 67.4 Å². The predicted molar refractivity (Wildman–Crippen MR) is 101 cm³/mol. The molecule has 0 amide bonds. The molecule has 122 valence electrons. The molecule has 1 aromatic carbocycles. The molecule has 0 unspecified atom stereocenters. The molecule has 22 heavy (non-hydrogen) atoms. The third-order valence-corrected chi connectivity index (χ3v) is 5.42. The van der Waals surface area contributed by atoms with Crippen LogP contribution in [-0.2, 0) is 0 Å². The van der Waals surface area contributed by atoms with Crippen molar-refractivity contribution in [3.05, 3.63) is 28.2 Å². The predicted octanol–water partition coefficient (Wildman–Crippen LogP) is 5.88. The lowest BCUT2D eigenvalue weighted by Gasteiger charge is -2.37. The third kappa shape index (κ3) is 5.00. The summed E-state index contributed by atoms with van der Waals surface area (Å²) in [6.45, 7) is 7.01. The maximum atomic E-state index is 6.01. The molecule has 1 aromatic rings. The van der Waals surface area contributed by atoms with E-state index < -0.39 is 0 Å². The zero-order valence-corrected chi connectivity index (χ0v) is 15.7. The van der Waals surface area contributed by atoms with E-state index in [0.29, 0.717) is 26.6 Å². The number of nitrogens with one attached hydrogen (secondary N) is 2. The van der Waals surface area contributed by atoms with Crippen LogP contribution in [0.5, 0.6) is 0 Å². The maximum Gasteiger partial charge on any atom is 0.170 e. The molecule has 0 spiro atoms. The first kappa shape index (κ1) is 17.8. The second kappa shape index (κ2) is 7.37. The van der Waals surface area contributed by atoms with Crippen molar-refractivity contribution in [2.45, 2.75) is 52.5 Å². The average molecular weight is 359 g/mol. The van der Waals surface area contributed by atoms with Crippen LogP contribution in [0, 0.1) is 11.3 Å². The molecule has 0 saturated heterocycles. The fraction of sp³-hybridized carbons (Fsp3) is 0.588. The Hall–Kier alpha value is -0.510. The van der Waals surface area contributed by atoms with E-state index in [1.807, 2.05) is 6.07 Å². The quantitative estimate of drug-likeness (QED) is 0.645. The van der Waals surface area contributed by atoms with Crippen molar-refractivity contribution >= 4 is 46.2 Å². The highest BCUT2D eigenvalue weighted by atomic mass is 35.5. The molecule has 0 radical (unpaired) electrons. The maximum absolute atomic E-state index is 6.01. The van der Waals surface area contributed by atoms with Gasteiger partial charge in [0.25, 0.3) is 0 Å². The van der Waals surface area contributed by atoms with E-state index >= 15 is 0 Å². The van der Waals surface area contributed by atoms with Gasteiger partial charge in [-0.1, -0.05) is 44.0 Å². The van der Waals surface area contributed by atoms with E-state index in [-0.39, 0.29) is 0 Å². The summed E-state index contributed by atoms with van der Waals surface area (Å²) in [6, 6.07) is 5.89. The number of benzene rings is 1. The fourth-order valence-corrected chi connectivity index (χ4v) is 3.61. The van der Waals surface area contributed by atoms with Crippen molar-refractivity contribution in [1.82, 2.24) is 5.32 Å². The Bertz CT molecular complexity index is 532. The summed E-state index contributed by atoms with van der Waals surface area (Å²) >= 11 is 17.3. The molecule has 0 bridgehead atoms. The number of rotatable bonds is 2. The fourth-order valence-electron chi connectivity index (χ4n) is 3.03. The van der Waals surface area contributed by atoms with Crippen LogP contribution in [0.3, 0.4) is 0 Å². The molecule has 1 saturated carbocycles. The molecule has 0 heterocycles. The van der Waals surface area contributed by atoms with Gasteiger partial charge in [0.15, 0.2) is 5.11 Å². The highest BCUT2D eigenvalue weighted by Crippen LogP contribution is 2.37. The molecule has 1 aliphatic rings. The first-order valence-electron chi connectivity index (χ1n) is 7.78. The van der Waals surface area contributed by atoms with Gasteiger partial charge in [0, 0.05) is 11.7 Å². The topological polar surface area (TPSA) is 24.1 Å². The molecule has 1 aliphatic carbocycles.